The van der Waals surface area contributed by atoms with E-state index in [1.807, 2.05) is 11.8 Å². The Labute approximate surface area is 107 Å². The topological polar surface area (TPSA) is 21.7 Å². The van der Waals surface area contributed by atoms with E-state index in [1.165, 1.54) is 10.6 Å². The van der Waals surface area contributed by atoms with Gasteiger partial charge in [-0.2, -0.15) is 0 Å². The zero-order chi connectivity index (χ0) is 12.0. The van der Waals surface area contributed by atoms with E-state index in [9.17, 15) is 0 Å². The highest BCUT2D eigenvalue weighted by atomic mass is 32.2. The summed E-state index contributed by atoms with van der Waals surface area (Å²) in [5.41, 5.74) is 2.22. The lowest BCUT2D eigenvalue weighted by molar-refractivity contribution is 0.137. The molecule has 3 rings (SSSR count). The van der Waals surface area contributed by atoms with E-state index in [0.717, 1.165) is 11.3 Å². The van der Waals surface area contributed by atoms with Crippen molar-refractivity contribution in [3.05, 3.63) is 18.2 Å². The second kappa shape index (κ2) is 3.94. The standard InChI is InChI=1S/C12H16BNO2S/c1-12(2)7-15-13(16-12)9-4-5-11-10(6-9)14(3)8-17-11/h4-6H,7-8H2,1-3H3. The Kier molecular flexibility index (Phi) is 2.65. The number of hydrogen-bond donors (Lipinski definition) is 0. The second-order valence-electron chi connectivity index (χ2n) is 5.22. The molecule has 0 amide bonds. The molecule has 0 aromatic heterocycles. The molecular formula is C12H16BNO2S. The van der Waals surface area contributed by atoms with Crippen LogP contribution in [0.15, 0.2) is 23.1 Å². The van der Waals surface area contributed by atoms with E-state index in [0.29, 0.717) is 6.61 Å². The van der Waals surface area contributed by atoms with Crippen molar-refractivity contribution in [2.45, 2.75) is 24.3 Å². The zero-order valence-electron chi connectivity index (χ0n) is 10.4. The summed E-state index contributed by atoms with van der Waals surface area (Å²) >= 11 is 1.87. The summed E-state index contributed by atoms with van der Waals surface area (Å²) in [7, 11) is 1.90. The van der Waals surface area contributed by atoms with Gasteiger partial charge in [-0.3, -0.25) is 0 Å². The summed E-state index contributed by atoms with van der Waals surface area (Å²) in [5, 5.41) is 0. The molecule has 3 nitrogen and oxygen atoms in total. The second-order valence-corrected chi connectivity index (χ2v) is 6.21. The number of nitrogens with zero attached hydrogens (tertiary/aromatic N) is 1. The summed E-state index contributed by atoms with van der Waals surface area (Å²) < 4.78 is 11.6. The Morgan fingerprint density at radius 1 is 1.41 bits per heavy atom. The molecule has 0 atom stereocenters. The molecule has 0 aliphatic carbocycles. The summed E-state index contributed by atoms with van der Waals surface area (Å²) in [5.74, 6) is 1.02. The van der Waals surface area contributed by atoms with Crippen LogP contribution in [0.25, 0.3) is 0 Å². The van der Waals surface area contributed by atoms with Gasteiger partial charge in [0.25, 0.3) is 0 Å². The van der Waals surface area contributed by atoms with Gasteiger partial charge in [0.15, 0.2) is 0 Å². The third-order valence-corrected chi connectivity index (χ3v) is 4.26. The fraction of sp³-hybridized carbons (Fsp3) is 0.500. The highest BCUT2D eigenvalue weighted by molar-refractivity contribution is 7.99. The molecule has 0 N–H and O–H groups in total. The molecule has 0 radical (unpaired) electrons. The maximum absolute atomic E-state index is 5.88. The quantitative estimate of drug-likeness (QED) is 0.706. The molecule has 0 unspecified atom stereocenters. The van der Waals surface area contributed by atoms with Crippen LogP contribution in [0.5, 0.6) is 0 Å². The summed E-state index contributed by atoms with van der Waals surface area (Å²) in [4.78, 5) is 3.59. The lowest BCUT2D eigenvalue weighted by Gasteiger charge is -2.16. The maximum Gasteiger partial charge on any atom is 0.494 e. The third-order valence-electron chi connectivity index (χ3n) is 3.09. The monoisotopic (exact) mass is 249 g/mol. The first-order chi connectivity index (χ1) is 8.05. The molecule has 5 heteroatoms. The molecule has 1 aromatic carbocycles. The van der Waals surface area contributed by atoms with Crippen LogP contribution in [0.1, 0.15) is 13.8 Å². The van der Waals surface area contributed by atoms with Gasteiger partial charge in [-0.1, -0.05) is 6.07 Å². The Hall–Kier alpha value is -0.645. The SMILES string of the molecule is CN1CSc2ccc(B3OCC(C)(C)O3)cc21. The van der Waals surface area contributed by atoms with Crippen LogP contribution >= 0.6 is 11.8 Å². The van der Waals surface area contributed by atoms with Crippen molar-refractivity contribution in [2.75, 3.05) is 24.4 Å². The smallest absolute Gasteiger partial charge is 0.404 e. The van der Waals surface area contributed by atoms with Gasteiger partial charge in [-0.15, -0.1) is 11.8 Å². The molecule has 0 spiro atoms. The molecule has 2 aliphatic heterocycles. The van der Waals surface area contributed by atoms with Gasteiger partial charge in [0.2, 0.25) is 0 Å². The first-order valence-corrected chi connectivity index (χ1v) is 6.81. The molecule has 17 heavy (non-hydrogen) atoms. The van der Waals surface area contributed by atoms with Crippen molar-refractivity contribution < 1.29 is 9.31 Å². The molecule has 1 aromatic rings. The predicted octanol–water partition coefficient (Wildman–Crippen LogP) is 1.71. The Morgan fingerprint density at radius 2 is 2.24 bits per heavy atom. The molecule has 0 saturated carbocycles. The van der Waals surface area contributed by atoms with E-state index < -0.39 is 0 Å². The van der Waals surface area contributed by atoms with Crippen molar-refractivity contribution in [1.82, 2.24) is 0 Å². The van der Waals surface area contributed by atoms with Crippen LogP contribution < -0.4 is 10.4 Å². The number of hydrogen-bond acceptors (Lipinski definition) is 4. The summed E-state index contributed by atoms with van der Waals surface area (Å²) in [6.07, 6.45) is 0. The number of fused-ring (bicyclic) bond motifs is 1. The summed E-state index contributed by atoms with van der Waals surface area (Å²) in [6, 6.07) is 6.45. The van der Waals surface area contributed by atoms with Crippen LogP contribution in [0.3, 0.4) is 0 Å². The van der Waals surface area contributed by atoms with Crippen molar-refractivity contribution in [2.24, 2.45) is 0 Å². The fourth-order valence-electron chi connectivity index (χ4n) is 2.14. The Balaban J connectivity index is 1.88. The minimum absolute atomic E-state index is 0.176. The van der Waals surface area contributed by atoms with Crippen molar-refractivity contribution in [3.8, 4) is 0 Å². The lowest BCUT2D eigenvalue weighted by atomic mass is 9.79. The van der Waals surface area contributed by atoms with Gasteiger partial charge in [0.05, 0.1) is 23.8 Å². The summed E-state index contributed by atoms with van der Waals surface area (Å²) in [6.45, 7) is 4.77. The van der Waals surface area contributed by atoms with E-state index >= 15 is 0 Å². The normalized spacial score (nSPS) is 22.1. The minimum atomic E-state index is -0.214. The predicted molar refractivity (Wildman–Crippen MR) is 72.1 cm³/mol. The van der Waals surface area contributed by atoms with Crippen LogP contribution in [-0.2, 0) is 9.31 Å². The largest absolute Gasteiger partial charge is 0.494 e. The van der Waals surface area contributed by atoms with E-state index in [1.54, 1.807) is 0 Å². The Morgan fingerprint density at radius 3 is 2.94 bits per heavy atom. The number of anilines is 1. The Bertz CT molecular complexity index is 452. The van der Waals surface area contributed by atoms with Gasteiger partial charge in [0, 0.05) is 11.9 Å². The van der Waals surface area contributed by atoms with Crippen molar-refractivity contribution in [1.29, 1.82) is 0 Å². The van der Waals surface area contributed by atoms with Gasteiger partial charge >= 0.3 is 7.12 Å². The average Bonchev–Trinajstić information content (AvgIpc) is 2.83. The van der Waals surface area contributed by atoms with Crippen molar-refractivity contribution in [3.63, 3.8) is 0 Å². The minimum Gasteiger partial charge on any atom is -0.404 e. The average molecular weight is 249 g/mol. The van der Waals surface area contributed by atoms with Gasteiger partial charge < -0.3 is 14.2 Å². The molecule has 0 bridgehead atoms. The molecular weight excluding hydrogens is 233 g/mol. The molecule has 2 heterocycles. The first-order valence-electron chi connectivity index (χ1n) is 5.82. The van der Waals surface area contributed by atoms with Gasteiger partial charge in [-0.25, -0.2) is 0 Å². The third kappa shape index (κ3) is 2.07. The highest BCUT2D eigenvalue weighted by Crippen LogP contribution is 2.36. The number of rotatable bonds is 1. The van der Waals surface area contributed by atoms with Crippen LogP contribution in [0.4, 0.5) is 5.69 Å². The van der Waals surface area contributed by atoms with E-state index in [2.05, 4.69) is 44.0 Å². The lowest BCUT2D eigenvalue weighted by Crippen LogP contribution is -2.34. The molecule has 1 saturated heterocycles. The first kappa shape index (κ1) is 11.4. The maximum atomic E-state index is 5.88. The zero-order valence-corrected chi connectivity index (χ0v) is 11.2. The van der Waals surface area contributed by atoms with Crippen LogP contribution in [-0.4, -0.2) is 32.3 Å². The van der Waals surface area contributed by atoms with Gasteiger partial charge in [0.1, 0.15) is 0 Å². The molecule has 2 aliphatic rings. The van der Waals surface area contributed by atoms with Crippen LogP contribution in [0.2, 0.25) is 0 Å². The molecule has 90 valence electrons. The van der Waals surface area contributed by atoms with Crippen LogP contribution in [0, 0.1) is 0 Å². The highest BCUT2D eigenvalue weighted by Gasteiger charge is 2.38. The number of benzene rings is 1. The van der Waals surface area contributed by atoms with E-state index in [-0.39, 0.29) is 12.7 Å². The molecule has 1 fully saturated rings. The fourth-order valence-corrected chi connectivity index (χ4v) is 3.13. The number of thioether (sulfide) groups is 1. The van der Waals surface area contributed by atoms with Crippen molar-refractivity contribution >= 4 is 30.0 Å². The van der Waals surface area contributed by atoms with E-state index in [4.69, 9.17) is 9.31 Å². The van der Waals surface area contributed by atoms with Gasteiger partial charge in [-0.05, 0) is 31.4 Å².